The van der Waals surface area contributed by atoms with Crippen LogP contribution >= 0.6 is 0 Å². The van der Waals surface area contributed by atoms with Crippen molar-refractivity contribution < 1.29 is 15.3 Å². The van der Waals surface area contributed by atoms with E-state index in [1.807, 2.05) is 0 Å². The average Bonchev–Trinajstić information content (AvgIpc) is 2.06. The SMILES string of the molecule is Cc1c(CO)ccc(O)c1CO. The second kappa shape index (κ2) is 3.56. The van der Waals surface area contributed by atoms with E-state index in [2.05, 4.69) is 0 Å². The van der Waals surface area contributed by atoms with Crippen LogP contribution in [0.2, 0.25) is 0 Å². The monoisotopic (exact) mass is 168 g/mol. The predicted molar refractivity (Wildman–Crippen MR) is 44.7 cm³/mol. The summed E-state index contributed by atoms with van der Waals surface area (Å²) in [5.41, 5.74) is 1.97. The van der Waals surface area contributed by atoms with Crippen molar-refractivity contribution in [1.29, 1.82) is 0 Å². The molecule has 0 aliphatic heterocycles. The molecule has 0 aliphatic carbocycles. The third-order valence-corrected chi connectivity index (χ3v) is 2.01. The topological polar surface area (TPSA) is 60.7 Å². The number of hydrogen-bond acceptors (Lipinski definition) is 3. The first kappa shape index (κ1) is 9.03. The zero-order valence-electron chi connectivity index (χ0n) is 6.91. The average molecular weight is 168 g/mol. The van der Waals surface area contributed by atoms with Crippen LogP contribution in [-0.2, 0) is 13.2 Å². The summed E-state index contributed by atoms with van der Waals surface area (Å²) in [5, 5.41) is 27.0. The Kier molecular flexibility index (Phi) is 2.68. The number of aromatic hydroxyl groups is 1. The van der Waals surface area contributed by atoms with Gasteiger partial charge in [-0.15, -0.1) is 0 Å². The van der Waals surface area contributed by atoms with Crippen LogP contribution in [0.3, 0.4) is 0 Å². The standard InChI is InChI=1S/C9H12O3/c1-6-7(4-10)2-3-9(12)8(6)5-11/h2-3,10-12H,4-5H2,1H3. The number of rotatable bonds is 2. The minimum atomic E-state index is -0.203. The van der Waals surface area contributed by atoms with Gasteiger partial charge in [-0.1, -0.05) is 6.07 Å². The minimum Gasteiger partial charge on any atom is -0.508 e. The number of aliphatic hydroxyl groups is 2. The molecule has 1 aromatic carbocycles. The Bertz CT molecular complexity index is 281. The van der Waals surface area contributed by atoms with Gasteiger partial charge in [0.25, 0.3) is 0 Å². The molecule has 0 aliphatic rings. The van der Waals surface area contributed by atoms with Gasteiger partial charge in [0.05, 0.1) is 13.2 Å². The summed E-state index contributed by atoms with van der Waals surface area (Å²) >= 11 is 0. The molecular weight excluding hydrogens is 156 g/mol. The quantitative estimate of drug-likeness (QED) is 0.608. The van der Waals surface area contributed by atoms with Crippen molar-refractivity contribution in [1.82, 2.24) is 0 Å². The number of hydrogen-bond donors (Lipinski definition) is 3. The summed E-state index contributed by atoms with van der Waals surface area (Å²) in [6.07, 6.45) is 0. The summed E-state index contributed by atoms with van der Waals surface area (Å²) in [5.74, 6) is 0.0761. The first-order chi connectivity index (χ1) is 5.70. The molecule has 1 aromatic rings. The Hall–Kier alpha value is -1.06. The van der Waals surface area contributed by atoms with Crippen LogP contribution in [0.25, 0.3) is 0 Å². The van der Waals surface area contributed by atoms with Gasteiger partial charge < -0.3 is 15.3 Å². The van der Waals surface area contributed by atoms with Crippen molar-refractivity contribution in [3.05, 3.63) is 28.8 Å². The van der Waals surface area contributed by atoms with E-state index >= 15 is 0 Å². The van der Waals surface area contributed by atoms with E-state index in [4.69, 9.17) is 10.2 Å². The molecule has 0 atom stereocenters. The van der Waals surface area contributed by atoms with Gasteiger partial charge in [-0.3, -0.25) is 0 Å². The Morgan fingerprint density at radius 3 is 2.33 bits per heavy atom. The number of aliphatic hydroxyl groups excluding tert-OH is 2. The molecule has 12 heavy (non-hydrogen) atoms. The predicted octanol–water partition coefficient (Wildman–Crippen LogP) is 0.685. The van der Waals surface area contributed by atoms with E-state index in [-0.39, 0.29) is 19.0 Å². The molecule has 3 heteroatoms. The Balaban J connectivity index is 3.24. The molecule has 0 bridgehead atoms. The first-order valence-electron chi connectivity index (χ1n) is 3.72. The van der Waals surface area contributed by atoms with Crippen molar-refractivity contribution >= 4 is 0 Å². The maximum atomic E-state index is 9.27. The van der Waals surface area contributed by atoms with E-state index in [1.165, 1.54) is 6.07 Å². The highest BCUT2D eigenvalue weighted by atomic mass is 16.3. The van der Waals surface area contributed by atoms with Gasteiger partial charge >= 0.3 is 0 Å². The minimum absolute atomic E-state index is 0.0703. The molecule has 0 saturated carbocycles. The van der Waals surface area contributed by atoms with Crippen molar-refractivity contribution in [3.8, 4) is 5.75 Å². The lowest BCUT2D eigenvalue weighted by Crippen LogP contribution is -1.95. The van der Waals surface area contributed by atoms with E-state index < -0.39 is 0 Å². The summed E-state index contributed by atoms with van der Waals surface area (Å²) in [7, 11) is 0. The molecule has 3 nitrogen and oxygen atoms in total. The number of benzene rings is 1. The molecule has 0 fully saturated rings. The van der Waals surface area contributed by atoms with Gasteiger partial charge in [0.2, 0.25) is 0 Å². The fourth-order valence-corrected chi connectivity index (χ4v) is 1.16. The smallest absolute Gasteiger partial charge is 0.121 e. The first-order valence-corrected chi connectivity index (χ1v) is 3.72. The van der Waals surface area contributed by atoms with Crippen LogP contribution < -0.4 is 0 Å². The molecule has 0 heterocycles. The van der Waals surface area contributed by atoms with Crippen molar-refractivity contribution in [2.75, 3.05) is 0 Å². The van der Waals surface area contributed by atoms with Crippen LogP contribution in [0.4, 0.5) is 0 Å². The van der Waals surface area contributed by atoms with E-state index in [0.717, 1.165) is 11.1 Å². The van der Waals surface area contributed by atoms with Gasteiger partial charge in [0, 0.05) is 5.56 Å². The van der Waals surface area contributed by atoms with Crippen LogP contribution in [0, 0.1) is 6.92 Å². The summed E-state index contributed by atoms with van der Waals surface area (Å²) < 4.78 is 0. The Morgan fingerprint density at radius 2 is 1.83 bits per heavy atom. The summed E-state index contributed by atoms with van der Waals surface area (Å²) in [4.78, 5) is 0. The molecule has 0 amide bonds. The third kappa shape index (κ3) is 1.42. The lowest BCUT2D eigenvalue weighted by Gasteiger charge is -2.08. The molecule has 3 N–H and O–H groups in total. The van der Waals surface area contributed by atoms with Crippen molar-refractivity contribution in [2.24, 2.45) is 0 Å². The largest absolute Gasteiger partial charge is 0.508 e. The van der Waals surface area contributed by atoms with E-state index in [1.54, 1.807) is 13.0 Å². The highest BCUT2D eigenvalue weighted by Crippen LogP contribution is 2.23. The highest BCUT2D eigenvalue weighted by molar-refractivity contribution is 5.42. The van der Waals surface area contributed by atoms with Crippen LogP contribution in [0.1, 0.15) is 16.7 Å². The third-order valence-electron chi connectivity index (χ3n) is 2.01. The van der Waals surface area contributed by atoms with Gasteiger partial charge in [-0.25, -0.2) is 0 Å². The molecule has 0 unspecified atom stereocenters. The van der Waals surface area contributed by atoms with Crippen LogP contribution in [0.15, 0.2) is 12.1 Å². The second-order valence-electron chi connectivity index (χ2n) is 2.66. The molecular formula is C9H12O3. The Labute approximate surface area is 70.9 Å². The second-order valence-corrected chi connectivity index (χ2v) is 2.66. The van der Waals surface area contributed by atoms with Gasteiger partial charge in [0.15, 0.2) is 0 Å². The van der Waals surface area contributed by atoms with Gasteiger partial charge in [-0.2, -0.15) is 0 Å². The van der Waals surface area contributed by atoms with E-state index in [9.17, 15) is 5.11 Å². The summed E-state index contributed by atoms with van der Waals surface area (Å²) in [6.45, 7) is 1.49. The fourth-order valence-electron chi connectivity index (χ4n) is 1.16. The molecule has 0 radical (unpaired) electrons. The van der Waals surface area contributed by atoms with Gasteiger partial charge in [0.1, 0.15) is 5.75 Å². The fraction of sp³-hybridized carbons (Fsp3) is 0.333. The molecule has 1 rings (SSSR count). The van der Waals surface area contributed by atoms with E-state index in [0.29, 0.717) is 5.56 Å². The lowest BCUT2D eigenvalue weighted by atomic mass is 10.0. The molecule has 0 aromatic heterocycles. The molecule has 0 spiro atoms. The van der Waals surface area contributed by atoms with Crippen LogP contribution in [0.5, 0.6) is 5.75 Å². The maximum absolute atomic E-state index is 9.27. The van der Waals surface area contributed by atoms with Crippen molar-refractivity contribution in [2.45, 2.75) is 20.1 Å². The highest BCUT2D eigenvalue weighted by Gasteiger charge is 2.06. The van der Waals surface area contributed by atoms with Crippen molar-refractivity contribution in [3.63, 3.8) is 0 Å². The number of phenols is 1. The zero-order valence-corrected chi connectivity index (χ0v) is 6.91. The normalized spacial score (nSPS) is 10.2. The van der Waals surface area contributed by atoms with Crippen LogP contribution in [-0.4, -0.2) is 15.3 Å². The lowest BCUT2D eigenvalue weighted by molar-refractivity contribution is 0.269. The Morgan fingerprint density at radius 1 is 1.17 bits per heavy atom. The summed E-state index contributed by atoms with van der Waals surface area (Å²) in [6, 6.07) is 3.12. The zero-order chi connectivity index (χ0) is 9.14. The molecule has 0 saturated heterocycles. The maximum Gasteiger partial charge on any atom is 0.121 e. The van der Waals surface area contributed by atoms with Gasteiger partial charge in [-0.05, 0) is 24.1 Å². The molecule has 66 valence electrons.